The van der Waals surface area contributed by atoms with E-state index in [0.717, 1.165) is 28.5 Å². The Balaban J connectivity index is 1.78. The van der Waals surface area contributed by atoms with Gasteiger partial charge < -0.3 is 21.1 Å². The molecule has 0 bridgehead atoms. The number of ether oxygens (including phenoxy) is 1. The van der Waals surface area contributed by atoms with Crippen molar-refractivity contribution in [3.8, 4) is 5.75 Å². The second kappa shape index (κ2) is 8.76. The third-order valence-electron chi connectivity index (χ3n) is 3.73. The SMILES string of the molecule is COc1ccc2cc(CNC(=O)CCCCNC(N)=O)ccc2c1. The van der Waals surface area contributed by atoms with Gasteiger partial charge in [0.15, 0.2) is 0 Å². The quantitative estimate of drug-likeness (QED) is 0.649. The maximum atomic E-state index is 11.8. The summed E-state index contributed by atoms with van der Waals surface area (Å²) >= 11 is 0. The van der Waals surface area contributed by atoms with Gasteiger partial charge in [0, 0.05) is 19.5 Å². The fourth-order valence-electron chi connectivity index (χ4n) is 2.42. The number of amides is 3. The number of methoxy groups -OCH3 is 1. The highest BCUT2D eigenvalue weighted by molar-refractivity contribution is 5.84. The van der Waals surface area contributed by atoms with Crippen LogP contribution < -0.4 is 21.1 Å². The summed E-state index contributed by atoms with van der Waals surface area (Å²) in [4.78, 5) is 22.3. The van der Waals surface area contributed by atoms with Gasteiger partial charge in [-0.05, 0) is 47.4 Å². The molecule has 0 atom stereocenters. The van der Waals surface area contributed by atoms with Crippen LogP contribution >= 0.6 is 0 Å². The Morgan fingerprint density at radius 1 is 1.04 bits per heavy atom. The number of primary amides is 1. The van der Waals surface area contributed by atoms with Crippen molar-refractivity contribution in [2.75, 3.05) is 13.7 Å². The Hall–Kier alpha value is -2.76. The van der Waals surface area contributed by atoms with Gasteiger partial charge in [-0.15, -0.1) is 0 Å². The van der Waals surface area contributed by atoms with Crippen LogP contribution in [0, 0.1) is 0 Å². The number of fused-ring (bicyclic) bond motifs is 1. The van der Waals surface area contributed by atoms with Crippen molar-refractivity contribution in [2.24, 2.45) is 5.73 Å². The van der Waals surface area contributed by atoms with E-state index in [-0.39, 0.29) is 5.91 Å². The Labute approximate surface area is 141 Å². The molecule has 0 aliphatic rings. The Morgan fingerprint density at radius 3 is 2.54 bits per heavy atom. The van der Waals surface area contributed by atoms with Crippen LogP contribution in [0.15, 0.2) is 36.4 Å². The molecule has 0 aliphatic heterocycles. The minimum absolute atomic E-state index is 0.00361. The van der Waals surface area contributed by atoms with E-state index in [9.17, 15) is 9.59 Å². The fourth-order valence-corrected chi connectivity index (χ4v) is 2.42. The molecule has 0 radical (unpaired) electrons. The monoisotopic (exact) mass is 329 g/mol. The van der Waals surface area contributed by atoms with Gasteiger partial charge >= 0.3 is 6.03 Å². The van der Waals surface area contributed by atoms with Crippen LogP contribution in [0.4, 0.5) is 4.79 Å². The van der Waals surface area contributed by atoms with Gasteiger partial charge in [-0.3, -0.25) is 4.79 Å². The van der Waals surface area contributed by atoms with Crippen molar-refractivity contribution in [1.82, 2.24) is 10.6 Å². The average molecular weight is 329 g/mol. The molecule has 3 amide bonds. The predicted octanol–water partition coefficient (Wildman–Crippen LogP) is 2.30. The number of carbonyl (C=O) groups is 2. The second-order valence-corrected chi connectivity index (χ2v) is 5.57. The van der Waals surface area contributed by atoms with Crippen molar-refractivity contribution in [3.05, 3.63) is 42.0 Å². The minimum Gasteiger partial charge on any atom is -0.497 e. The lowest BCUT2D eigenvalue weighted by atomic mass is 10.1. The first-order valence-electron chi connectivity index (χ1n) is 7.95. The van der Waals surface area contributed by atoms with E-state index in [1.807, 2.05) is 30.3 Å². The molecule has 0 spiro atoms. The molecule has 6 nitrogen and oxygen atoms in total. The molecule has 2 aromatic carbocycles. The molecule has 0 aliphatic carbocycles. The Morgan fingerprint density at radius 2 is 1.79 bits per heavy atom. The highest BCUT2D eigenvalue weighted by Gasteiger charge is 2.03. The number of carbonyl (C=O) groups excluding carboxylic acids is 2. The number of benzene rings is 2. The van der Waals surface area contributed by atoms with Crippen LogP contribution in [0.25, 0.3) is 10.8 Å². The molecule has 2 rings (SSSR count). The topological polar surface area (TPSA) is 93.4 Å². The zero-order chi connectivity index (χ0) is 17.4. The molecule has 0 aromatic heterocycles. The molecule has 2 aromatic rings. The first-order valence-corrected chi connectivity index (χ1v) is 7.95. The zero-order valence-corrected chi connectivity index (χ0v) is 13.8. The normalized spacial score (nSPS) is 10.4. The van der Waals surface area contributed by atoms with Crippen molar-refractivity contribution in [2.45, 2.75) is 25.8 Å². The molecule has 128 valence electrons. The largest absolute Gasteiger partial charge is 0.497 e. The number of urea groups is 1. The Bertz CT molecular complexity index is 716. The van der Waals surface area contributed by atoms with E-state index in [2.05, 4.69) is 16.7 Å². The van der Waals surface area contributed by atoms with Crippen LogP contribution in [0.1, 0.15) is 24.8 Å². The van der Waals surface area contributed by atoms with Gasteiger partial charge in [0.1, 0.15) is 5.75 Å². The fraction of sp³-hybridized carbons (Fsp3) is 0.333. The van der Waals surface area contributed by atoms with Crippen molar-refractivity contribution < 1.29 is 14.3 Å². The van der Waals surface area contributed by atoms with Gasteiger partial charge in [-0.2, -0.15) is 0 Å². The predicted molar refractivity (Wildman–Crippen MR) is 93.8 cm³/mol. The summed E-state index contributed by atoms with van der Waals surface area (Å²) in [6, 6.07) is 11.5. The van der Waals surface area contributed by atoms with Crippen LogP contribution in [0.2, 0.25) is 0 Å². The number of nitrogens with one attached hydrogen (secondary N) is 2. The standard InChI is InChI=1S/C18H23N3O3/c1-24-16-8-7-14-10-13(5-6-15(14)11-16)12-21-17(22)4-2-3-9-20-18(19)23/h5-8,10-11H,2-4,9,12H2,1H3,(H,21,22)(H3,19,20,23). The summed E-state index contributed by atoms with van der Waals surface area (Å²) in [5, 5.41) is 7.62. The lowest BCUT2D eigenvalue weighted by Gasteiger charge is -2.08. The smallest absolute Gasteiger partial charge is 0.312 e. The summed E-state index contributed by atoms with van der Waals surface area (Å²) in [6.07, 6.45) is 1.88. The minimum atomic E-state index is -0.534. The number of hydrogen-bond donors (Lipinski definition) is 3. The van der Waals surface area contributed by atoms with Crippen LogP contribution in [-0.2, 0) is 11.3 Å². The van der Waals surface area contributed by atoms with Gasteiger partial charge in [-0.25, -0.2) is 4.79 Å². The van der Waals surface area contributed by atoms with Gasteiger partial charge in [0.05, 0.1) is 7.11 Å². The molecule has 0 saturated carbocycles. The zero-order valence-electron chi connectivity index (χ0n) is 13.8. The number of rotatable bonds is 8. The molecular formula is C18H23N3O3. The van der Waals surface area contributed by atoms with E-state index in [1.54, 1.807) is 7.11 Å². The number of unbranched alkanes of at least 4 members (excludes halogenated alkanes) is 1. The van der Waals surface area contributed by atoms with E-state index in [1.165, 1.54) is 0 Å². The van der Waals surface area contributed by atoms with E-state index >= 15 is 0 Å². The molecule has 6 heteroatoms. The Kier molecular flexibility index (Phi) is 6.42. The van der Waals surface area contributed by atoms with Crippen molar-refractivity contribution in [3.63, 3.8) is 0 Å². The summed E-state index contributed by atoms with van der Waals surface area (Å²) in [5.41, 5.74) is 6.02. The van der Waals surface area contributed by atoms with E-state index in [4.69, 9.17) is 10.5 Å². The van der Waals surface area contributed by atoms with E-state index < -0.39 is 6.03 Å². The maximum absolute atomic E-state index is 11.8. The van der Waals surface area contributed by atoms with Crippen LogP contribution in [0.5, 0.6) is 5.75 Å². The summed E-state index contributed by atoms with van der Waals surface area (Å²) < 4.78 is 5.21. The average Bonchev–Trinajstić information content (AvgIpc) is 2.58. The number of hydrogen-bond acceptors (Lipinski definition) is 3. The molecule has 4 N–H and O–H groups in total. The second-order valence-electron chi connectivity index (χ2n) is 5.57. The first-order chi connectivity index (χ1) is 11.6. The molecule has 0 fully saturated rings. The third-order valence-corrected chi connectivity index (χ3v) is 3.73. The molecule has 24 heavy (non-hydrogen) atoms. The van der Waals surface area contributed by atoms with Gasteiger partial charge in [0.2, 0.25) is 5.91 Å². The van der Waals surface area contributed by atoms with Gasteiger partial charge in [0.25, 0.3) is 0 Å². The molecular weight excluding hydrogens is 306 g/mol. The third kappa shape index (κ3) is 5.46. The summed E-state index contributed by atoms with van der Waals surface area (Å²) in [5.74, 6) is 0.832. The first kappa shape index (κ1) is 17.6. The summed E-state index contributed by atoms with van der Waals surface area (Å²) in [7, 11) is 1.65. The molecule has 0 unspecified atom stereocenters. The molecule has 0 heterocycles. The number of nitrogens with two attached hydrogens (primary N) is 1. The van der Waals surface area contributed by atoms with Crippen molar-refractivity contribution in [1.29, 1.82) is 0 Å². The lowest BCUT2D eigenvalue weighted by molar-refractivity contribution is -0.121. The van der Waals surface area contributed by atoms with Crippen molar-refractivity contribution >= 4 is 22.7 Å². The molecule has 0 saturated heterocycles. The summed E-state index contributed by atoms with van der Waals surface area (Å²) in [6.45, 7) is 0.997. The maximum Gasteiger partial charge on any atom is 0.312 e. The van der Waals surface area contributed by atoms with Gasteiger partial charge in [-0.1, -0.05) is 18.2 Å². The highest BCUT2D eigenvalue weighted by Crippen LogP contribution is 2.21. The lowest BCUT2D eigenvalue weighted by Crippen LogP contribution is -2.30. The van der Waals surface area contributed by atoms with E-state index in [0.29, 0.717) is 25.9 Å². The highest BCUT2D eigenvalue weighted by atomic mass is 16.5. The van der Waals surface area contributed by atoms with Crippen LogP contribution in [-0.4, -0.2) is 25.6 Å². The van der Waals surface area contributed by atoms with Crippen LogP contribution in [0.3, 0.4) is 0 Å².